The van der Waals surface area contributed by atoms with E-state index >= 15 is 0 Å². The Hall–Kier alpha value is -3.74. The highest BCUT2D eigenvalue weighted by Crippen LogP contribution is 2.18. The quantitative estimate of drug-likeness (QED) is 0.594. The predicted molar refractivity (Wildman–Crippen MR) is 108 cm³/mol. The van der Waals surface area contributed by atoms with Crippen molar-refractivity contribution in [3.63, 3.8) is 0 Å². The summed E-state index contributed by atoms with van der Waals surface area (Å²) < 4.78 is 2.98. The third kappa shape index (κ3) is 3.07. The summed E-state index contributed by atoms with van der Waals surface area (Å²) >= 11 is 0. The molecule has 7 nitrogen and oxygen atoms in total. The zero-order chi connectivity index (χ0) is 19.7. The fourth-order valence-electron chi connectivity index (χ4n) is 3.10. The van der Waals surface area contributed by atoms with Crippen LogP contribution in [0.15, 0.2) is 71.7 Å². The van der Waals surface area contributed by atoms with Crippen LogP contribution >= 0.6 is 0 Å². The minimum atomic E-state index is -0.400. The van der Waals surface area contributed by atoms with Gasteiger partial charge < -0.3 is 5.32 Å². The van der Waals surface area contributed by atoms with E-state index in [2.05, 4.69) is 15.5 Å². The first-order valence-electron chi connectivity index (χ1n) is 8.98. The summed E-state index contributed by atoms with van der Waals surface area (Å²) in [6.07, 6.45) is 1.63. The van der Waals surface area contributed by atoms with E-state index < -0.39 is 5.91 Å². The Bertz CT molecular complexity index is 1210. The molecule has 0 radical (unpaired) electrons. The van der Waals surface area contributed by atoms with E-state index in [9.17, 15) is 9.59 Å². The van der Waals surface area contributed by atoms with Gasteiger partial charge in [-0.2, -0.15) is 14.9 Å². The Labute approximate surface area is 161 Å². The van der Waals surface area contributed by atoms with Gasteiger partial charge in [-0.3, -0.25) is 9.59 Å². The number of anilines is 1. The highest BCUT2D eigenvalue weighted by molar-refractivity contribution is 6.10. The summed E-state index contributed by atoms with van der Waals surface area (Å²) in [5.74, 6) is 0.173. The molecule has 4 aromatic rings. The highest BCUT2D eigenvalue weighted by atomic mass is 16.2. The Balaban J connectivity index is 1.86. The molecule has 140 valence electrons. The number of benzene rings is 2. The molecular formula is C21H19N5O2. The van der Waals surface area contributed by atoms with Gasteiger partial charge >= 0.3 is 0 Å². The summed E-state index contributed by atoms with van der Waals surface area (Å²) in [5, 5.41) is 12.4. The van der Waals surface area contributed by atoms with E-state index in [1.807, 2.05) is 32.0 Å². The first-order chi connectivity index (χ1) is 13.6. The lowest BCUT2D eigenvalue weighted by Gasteiger charge is -2.13. The molecule has 2 aromatic carbocycles. The van der Waals surface area contributed by atoms with Crippen molar-refractivity contribution in [2.24, 2.45) is 0 Å². The van der Waals surface area contributed by atoms with Crippen molar-refractivity contribution < 1.29 is 4.79 Å². The number of hydrogen-bond donors (Lipinski definition) is 1. The fraction of sp³-hybridized carbons (Fsp3) is 0.143. The summed E-state index contributed by atoms with van der Waals surface area (Å²) in [4.78, 5) is 26.0. The normalized spacial score (nSPS) is 11.1. The molecule has 1 N–H and O–H groups in total. The molecule has 28 heavy (non-hydrogen) atoms. The van der Waals surface area contributed by atoms with Crippen molar-refractivity contribution in [2.45, 2.75) is 19.9 Å². The fourth-order valence-corrected chi connectivity index (χ4v) is 3.10. The van der Waals surface area contributed by atoms with E-state index in [0.717, 1.165) is 0 Å². The molecule has 0 saturated heterocycles. The molecule has 0 aliphatic carbocycles. The van der Waals surface area contributed by atoms with Crippen molar-refractivity contribution in [3.05, 3.63) is 82.9 Å². The molecule has 0 aliphatic rings. The lowest BCUT2D eigenvalue weighted by molar-refractivity contribution is 0.102. The average molecular weight is 373 g/mol. The maximum atomic E-state index is 13.1. The molecule has 0 spiro atoms. The second-order valence-electron chi connectivity index (χ2n) is 6.66. The number of fused-ring (bicyclic) bond motifs is 1. The number of nitrogens with one attached hydrogen (secondary N) is 1. The molecule has 0 atom stereocenters. The molecule has 2 heterocycles. The van der Waals surface area contributed by atoms with Gasteiger partial charge in [-0.1, -0.05) is 36.4 Å². The second kappa shape index (κ2) is 7.11. The van der Waals surface area contributed by atoms with E-state index in [4.69, 9.17) is 0 Å². The SMILES string of the molecule is CC(C)n1nccc1NC(=O)c1nn(-c2ccccc2)c(=O)c2ccccc12. The molecule has 0 aliphatic heterocycles. The first-order valence-corrected chi connectivity index (χ1v) is 8.98. The maximum absolute atomic E-state index is 13.1. The van der Waals surface area contributed by atoms with E-state index in [1.54, 1.807) is 53.3 Å². The van der Waals surface area contributed by atoms with Crippen molar-refractivity contribution in [1.29, 1.82) is 0 Å². The van der Waals surface area contributed by atoms with E-state index in [-0.39, 0.29) is 17.3 Å². The van der Waals surface area contributed by atoms with Gasteiger partial charge in [0.1, 0.15) is 5.82 Å². The number of carbonyl (C=O) groups excluding carboxylic acids is 1. The molecule has 0 unspecified atom stereocenters. The van der Waals surface area contributed by atoms with Gasteiger partial charge in [0.25, 0.3) is 11.5 Å². The van der Waals surface area contributed by atoms with Crippen LogP contribution in [0.2, 0.25) is 0 Å². The van der Waals surface area contributed by atoms with Crippen LogP contribution in [0.25, 0.3) is 16.5 Å². The molecule has 4 rings (SSSR count). The lowest BCUT2D eigenvalue weighted by Crippen LogP contribution is -2.27. The molecule has 0 saturated carbocycles. The van der Waals surface area contributed by atoms with Crippen LogP contribution in [-0.4, -0.2) is 25.5 Å². The Morgan fingerprint density at radius 3 is 2.36 bits per heavy atom. The molecule has 0 bridgehead atoms. The van der Waals surface area contributed by atoms with E-state index in [1.165, 1.54) is 4.68 Å². The van der Waals surface area contributed by atoms with Gasteiger partial charge in [0.2, 0.25) is 0 Å². The Morgan fingerprint density at radius 2 is 1.64 bits per heavy atom. The van der Waals surface area contributed by atoms with Crippen LogP contribution < -0.4 is 10.9 Å². The number of nitrogens with zero attached hydrogens (tertiary/aromatic N) is 4. The number of aromatic nitrogens is 4. The number of hydrogen-bond acceptors (Lipinski definition) is 4. The van der Waals surface area contributed by atoms with E-state index in [0.29, 0.717) is 22.3 Å². The second-order valence-corrected chi connectivity index (χ2v) is 6.66. The van der Waals surface area contributed by atoms with Crippen molar-refractivity contribution >= 4 is 22.5 Å². The Kier molecular flexibility index (Phi) is 4.49. The third-order valence-electron chi connectivity index (χ3n) is 4.42. The molecule has 2 aromatic heterocycles. The average Bonchev–Trinajstić information content (AvgIpc) is 3.17. The van der Waals surface area contributed by atoms with Crippen molar-refractivity contribution in [2.75, 3.05) is 5.32 Å². The minimum absolute atomic E-state index is 0.0910. The summed E-state index contributed by atoms with van der Waals surface area (Å²) in [7, 11) is 0. The number of rotatable bonds is 4. The summed E-state index contributed by atoms with van der Waals surface area (Å²) in [6.45, 7) is 3.96. The molecule has 7 heteroatoms. The number of carbonyl (C=O) groups is 1. The number of amides is 1. The highest BCUT2D eigenvalue weighted by Gasteiger charge is 2.19. The maximum Gasteiger partial charge on any atom is 0.279 e. The minimum Gasteiger partial charge on any atom is -0.305 e. The zero-order valence-electron chi connectivity index (χ0n) is 15.5. The smallest absolute Gasteiger partial charge is 0.279 e. The number of para-hydroxylation sites is 1. The van der Waals surface area contributed by atoms with Crippen LogP contribution in [0.3, 0.4) is 0 Å². The largest absolute Gasteiger partial charge is 0.305 e. The van der Waals surface area contributed by atoms with Gasteiger partial charge in [-0.25, -0.2) is 4.68 Å². The van der Waals surface area contributed by atoms with Gasteiger partial charge in [-0.05, 0) is 32.0 Å². The van der Waals surface area contributed by atoms with Crippen LogP contribution in [0.5, 0.6) is 0 Å². The van der Waals surface area contributed by atoms with Gasteiger partial charge in [0, 0.05) is 17.5 Å². The predicted octanol–water partition coefficient (Wildman–Crippen LogP) is 3.42. The topological polar surface area (TPSA) is 81.8 Å². The van der Waals surface area contributed by atoms with Gasteiger partial charge in [0.05, 0.1) is 17.3 Å². The standard InChI is InChI=1S/C21H19N5O2/c1-14(2)25-18(12-13-22-25)23-20(27)19-16-10-6-7-11-17(16)21(28)26(24-19)15-8-4-3-5-9-15/h3-14H,1-2H3,(H,23,27). The van der Waals surface area contributed by atoms with Crippen LogP contribution in [0.1, 0.15) is 30.4 Å². The summed E-state index contributed by atoms with van der Waals surface area (Å²) in [6, 6.07) is 17.9. The Morgan fingerprint density at radius 1 is 0.964 bits per heavy atom. The van der Waals surface area contributed by atoms with Crippen LogP contribution in [0, 0.1) is 0 Å². The van der Waals surface area contributed by atoms with Gasteiger partial charge in [-0.15, -0.1) is 0 Å². The van der Waals surface area contributed by atoms with Crippen molar-refractivity contribution in [3.8, 4) is 5.69 Å². The molecule has 1 amide bonds. The monoisotopic (exact) mass is 373 g/mol. The summed E-state index contributed by atoms with van der Waals surface area (Å²) in [5.41, 5.74) is 0.501. The molecular weight excluding hydrogens is 354 g/mol. The van der Waals surface area contributed by atoms with Crippen LogP contribution in [-0.2, 0) is 0 Å². The van der Waals surface area contributed by atoms with Crippen LogP contribution in [0.4, 0.5) is 5.82 Å². The zero-order valence-corrected chi connectivity index (χ0v) is 15.5. The first kappa shape index (κ1) is 17.7. The third-order valence-corrected chi connectivity index (χ3v) is 4.42. The lowest BCUT2D eigenvalue weighted by atomic mass is 10.1. The van der Waals surface area contributed by atoms with Crippen molar-refractivity contribution in [1.82, 2.24) is 19.6 Å². The van der Waals surface area contributed by atoms with Gasteiger partial charge in [0.15, 0.2) is 5.69 Å². The molecule has 0 fully saturated rings.